The molecule has 124 valence electrons. The zero-order valence-corrected chi connectivity index (χ0v) is 13.8. The van der Waals surface area contributed by atoms with Gasteiger partial charge in [-0.3, -0.25) is 4.79 Å². The van der Waals surface area contributed by atoms with Crippen LogP contribution in [0, 0.1) is 0 Å². The predicted molar refractivity (Wildman–Crippen MR) is 93.3 cm³/mol. The molecule has 1 aliphatic rings. The third kappa shape index (κ3) is 2.37. The minimum absolute atomic E-state index is 0.0168. The molecule has 1 saturated heterocycles. The summed E-state index contributed by atoms with van der Waals surface area (Å²) in [6.07, 6.45) is -0.159. The van der Waals surface area contributed by atoms with Gasteiger partial charge in [0.05, 0.1) is 0 Å². The van der Waals surface area contributed by atoms with Gasteiger partial charge in [0.1, 0.15) is 17.9 Å². The standard InChI is InChI=1S/C19H20N2O3/c1-23-17-10-21(11-18(17)24-2)19(22)16-9-14-13-6-4-3-5-12(13)7-8-15(14)20-16/h3-9,17-18,20H,10-11H2,1-2H3/t17-,18+. The van der Waals surface area contributed by atoms with E-state index in [0.29, 0.717) is 18.8 Å². The number of hydrogen-bond acceptors (Lipinski definition) is 3. The van der Waals surface area contributed by atoms with E-state index in [2.05, 4.69) is 23.2 Å². The Kier molecular flexibility index (Phi) is 3.75. The summed E-state index contributed by atoms with van der Waals surface area (Å²) >= 11 is 0. The number of amides is 1. The molecule has 0 aliphatic carbocycles. The van der Waals surface area contributed by atoms with Crippen LogP contribution in [0.1, 0.15) is 10.5 Å². The molecular weight excluding hydrogens is 304 g/mol. The molecule has 0 unspecified atom stereocenters. The zero-order valence-electron chi connectivity index (χ0n) is 13.8. The second-order valence-corrected chi connectivity index (χ2v) is 6.19. The number of fused-ring (bicyclic) bond motifs is 3. The second-order valence-electron chi connectivity index (χ2n) is 6.19. The van der Waals surface area contributed by atoms with E-state index < -0.39 is 0 Å². The Morgan fingerprint density at radius 3 is 2.46 bits per heavy atom. The van der Waals surface area contributed by atoms with Crippen molar-refractivity contribution >= 4 is 27.6 Å². The highest BCUT2D eigenvalue weighted by Gasteiger charge is 2.36. The molecule has 1 amide bonds. The van der Waals surface area contributed by atoms with E-state index in [1.54, 1.807) is 19.1 Å². The van der Waals surface area contributed by atoms with Crippen LogP contribution in [0.4, 0.5) is 0 Å². The fourth-order valence-corrected chi connectivity index (χ4v) is 3.53. The van der Waals surface area contributed by atoms with E-state index in [1.807, 2.05) is 24.3 Å². The molecule has 0 saturated carbocycles. The van der Waals surface area contributed by atoms with Crippen LogP contribution in [-0.2, 0) is 9.47 Å². The number of methoxy groups -OCH3 is 2. The first-order chi connectivity index (χ1) is 11.7. The Morgan fingerprint density at radius 2 is 1.75 bits per heavy atom. The molecule has 0 spiro atoms. The van der Waals surface area contributed by atoms with Crippen molar-refractivity contribution < 1.29 is 14.3 Å². The lowest BCUT2D eigenvalue weighted by molar-refractivity contribution is -0.00461. The summed E-state index contributed by atoms with van der Waals surface area (Å²) in [6.45, 7) is 1.09. The number of rotatable bonds is 3. The first-order valence-corrected chi connectivity index (χ1v) is 8.06. The highest BCUT2D eigenvalue weighted by molar-refractivity contribution is 6.09. The molecule has 5 heteroatoms. The third-order valence-electron chi connectivity index (χ3n) is 4.87. The summed E-state index contributed by atoms with van der Waals surface area (Å²) < 4.78 is 10.8. The maximum atomic E-state index is 12.9. The van der Waals surface area contributed by atoms with Crippen LogP contribution in [0.2, 0.25) is 0 Å². The predicted octanol–water partition coefficient (Wildman–Crippen LogP) is 2.81. The molecule has 3 aromatic rings. The summed E-state index contributed by atoms with van der Waals surface area (Å²) in [7, 11) is 3.31. The molecule has 4 rings (SSSR count). The average molecular weight is 324 g/mol. The van der Waals surface area contributed by atoms with Gasteiger partial charge in [0, 0.05) is 38.2 Å². The Balaban J connectivity index is 1.69. The van der Waals surface area contributed by atoms with E-state index in [1.165, 1.54) is 5.39 Å². The normalized spacial score (nSPS) is 21.0. The molecule has 1 N–H and O–H groups in total. The van der Waals surface area contributed by atoms with E-state index in [4.69, 9.17) is 9.47 Å². The largest absolute Gasteiger partial charge is 0.377 e. The minimum atomic E-state index is -0.0795. The van der Waals surface area contributed by atoms with Crippen molar-refractivity contribution in [2.45, 2.75) is 12.2 Å². The van der Waals surface area contributed by atoms with Gasteiger partial charge < -0.3 is 19.4 Å². The number of H-pyrrole nitrogens is 1. The van der Waals surface area contributed by atoms with Crippen molar-refractivity contribution in [3.05, 3.63) is 48.2 Å². The summed E-state index contributed by atoms with van der Waals surface area (Å²) in [5.41, 5.74) is 1.58. The number of carbonyl (C=O) groups excluding carboxylic acids is 1. The molecule has 2 atom stereocenters. The highest BCUT2D eigenvalue weighted by atomic mass is 16.5. The van der Waals surface area contributed by atoms with Crippen molar-refractivity contribution in [1.29, 1.82) is 0 Å². The topological polar surface area (TPSA) is 54.6 Å². The van der Waals surface area contributed by atoms with Crippen molar-refractivity contribution in [3.8, 4) is 0 Å². The summed E-state index contributed by atoms with van der Waals surface area (Å²) in [5, 5.41) is 3.39. The smallest absolute Gasteiger partial charge is 0.270 e. The molecule has 24 heavy (non-hydrogen) atoms. The molecule has 1 fully saturated rings. The number of benzene rings is 2. The lowest BCUT2D eigenvalue weighted by Crippen LogP contribution is -2.30. The van der Waals surface area contributed by atoms with Gasteiger partial charge in [-0.05, 0) is 22.9 Å². The van der Waals surface area contributed by atoms with E-state index in [9.17, 15) is 4.79 Å². The van der Waals surface area contributed by atoms with Crippen molar-refractivity contribution in [2.24, 2.45) is 0 Å². The van der Waals surface area contributed by atoms with Crippen LogP contribution in [0.5, 0.6) is 0 Å². The Hall–Kier alpha value is -2.37. The maximum absolute atomic E-state index is 12.9. The van der Waals surface area contributed by atoms with Gasteiger partial charge in [-0.25, -0.2) is 0 Å². The van der Waals surface area contributed by atoms with Crippen molar-refractivity contribution in [1.82, 2.24) is 9.88 Å². The molecule has 1 aromatic heterocycles. The molecule has 5 nitrogen and oxygen atoms in total. The number of aromatic nitrogens is 1. The highest BCUT2D eigenvalue weighted by Crippen LogP contribution is 2.27. The fraction of sp³-hybridized carbons (Fsp3) is 0.316. The Labute approximate surface area is 140 Å². The molecular formula is C19H20N2O3. The molecule has 0 bridgehead atoms. The van der Waals surface area contributed by atoms with Gasteiger partial charge >= 0.3 is 0 Å². The van der Waals surface area contributed by atoms with Crippen LogP contribution in [0.3, 0.4) is 0 Å². The lowest BCUT2D eigenvalue weighted by Gasteiger charge is -2.14. The number of aromatic amines is 1. The quantitative estimate of drug-likeness (QED) is 0.806. The number of nitrogens with zero attached hydrogens (tertiary/aromatic N) is 1. The van der Waals surface area contributed by atoms with Crippen LogP contribution in [0.15, 0.2) is 42.5 Å². The van der Waals surface area contributed by atoms with Gasteiger partial charge in [-0.1, -0.05) is 30.3 Å². The monoisotopic (exact) mass is 324 g/mol. The first-order valence-electron chi connectivity index (χ1n) is 8.06. The summed E-state index contributed by atoms with van der Waals surface area (Å²) in [5.74, 6) is -0.0168. The summed E-state index contributed by atoms with van der Waals surface area (Å²) in [6, 6.07) is 14.2. The average Bonchev–Trinajstić information content (AvgIpc) is 3.24. The van der Waals surface area contributed by atoms with Gasteiger partial charge in [-0.15, -0.1) is 0 Å². The fourth-order valence-electron chi connectivity index (χ4n) is 3.53. The van der Waals surface area contributed by atoms with Gasteiger partial charge in [-0.2, -0.15) is 0 Å². The van der Waals surface area contributed by atoms with Crippen LogP contribution >= 0.6 is 0 Å². The van der Waals surface area contributed by atoms with Crippen molar-refractivity contribution in [2.75, 3.05) is 27.3 Å². The van der Waals surface area contributed by atoms with Gasteiger partial charge in [0.15, 0.2) is 0 Å². The number of likely N-dealkylation sites (tertiary alicyclic amines) is 1. The van der Waals surface area contributed by atoms with Gasteiger partial charge in [0.2, 0.25) is 0 Å². The van der Waals surface area contributed by atoms with Crippen LogP contribution < -0.4 is 0 Å². The molecule has 1 aliphatic heterocycles. The first kappa shape index (κ1) is 15.2. The SMILES string of the molecule is CO[C@H]1CN(C(=O)c2cc3c(ccc4ccccc43)[nH]2)C[C@H]1OC. The number of hydrogen-bond donors (Lipinski definition) is 1. The number of ether oxygens (including phenoxy) is 2. The molecule has 0 radical (unpaired) electrons. The Bertz CT molecular complexity index is 890. The zero-order chi connectivity index (χ0) is 16.7. The van der Waals surface area contributed by atoms with E-state index in [-0.39, 0.29) is 18.1 Å². The third-order valence-corrected chi connectivity index (χ3v) is 4.87. The van der Waals surface area contributed by atoms with Gasteiger partial charge in [0.25, 0.3) is 5.91 Å². The molecule has 2 aromatic carbocycles. The maximum Gasteiger partial charge on any atom is 0.270 e. The van der Waals surface area contributed by atoms with Crippen LogP contribution in [-0.4, -0.2) is 55.3 Å². The Morgan fingerprint density at radius 1 is 1.04 bits per heavy atom. The number of nitrogens with one attached hydrogen (secondary N) is 1. The second kappa shape index (κ2) is 5.92. The minimum Gasteiger partial charge on any atom is -0.377 e. The van der Waals surface area contributed by atoms with Crippen molar-refractivity contribution in [3.63, 3.8) is 0 Å². The summed E-state index contributed by atoms with van der Waals surface area (Å²) in [4.78, 5) is 17.9. The van der Waals surface area contributed by atoms with E-state index in [0.717, 1.165) is 16.3 Å². The number of carbonyl (C=O) groups is 1. The lowest BCUT2D eigenvalue weighted by atomic mass is 10.1. The molecule has 2 heterocycles. The van der Waals surface area contributed by atoms with Crippen LogP contribution in [0.25, 0.3) is 21.7 Å². The van der Waals surface area contributed by atoms with E-state index >= 15 is 0 Å².